The molecule has 24 heavy (non-hydrogen) atoms. The summed E-state index contributed by atoms with van der Waals surface area (Å²) in [4.78, 5) is 13.8. The van der Waals surface area contributed by atoms with Crippen molar-refractivity contribution in [2.75, 3.05) is 22.1 Å². The maximum absolute atomic E-state index is 12.9. The fourth-order valence-corrected chi connectivity index (χ4v) is 2.94. The van der Waals surface area contributed by atoms with Crippen LogP contribution in [0.2, 0.25) is 0 Å². The highest BCUT2D eigenvalue weighted by atomic mass is 32.1. The highest BCUT2D eigenvalue weighted by Crippen LogP contribution is 2.28. The number of anilines is 3. The molecule has 1 heterocycles. The number of carbonyl (C=O) groups excluding carboxylic acids is 1. The molecule has 0 atom stereocenters. The molecule has 124 valence electrons. The van der Waals surface area contributed by atoms with Crippen molar-refractivity contribution in [3.63, 3.8) is 0 Å². The van der Waals surface area contributed by atoms with Gasteiger partial charge in [0.05, 0.1) is 0 Å². The van der Waals surface area contributed by atoms with Gasteiger partial charge in [-0.2, -0.15) is 0 Å². The molecular weight excluding hydrogens is 325 g/mol. The molecule has 1 saturated heterocycles. The molecule has 0 radical (unpaired) electrons. The Bertz CT molecular complexity index is 776. The summed E-state index contributed by atoms with van der Waals surface area (Å²) >= 11 is 5.29. The Labute approximate surface area is 145 Å². The van der Waals surface area contributed by atoms with E-state index in [4.69, 9.17) is 12.2 Å². The zero-order chi connectivity index (χ0) is 17.1. The second kappa shape index (κ2) is 6.97. The monoisotopic (exact) mass is 343 g/mol. The average molecular weight is 343 g/mol. The van der Waals surface area contributed by atoms with Gasteiger partial charge in [0, 0.05) is 30.0 Å². The predicted molar refractivity (Wildman–Crippen MR) is 99.0 cm³/mol. The Morgan fingerprint density at radius 3 is 2.46 bits per heavy atom. The standard InChI is InChI=1S/C18H18FN3OS/c1-12-4-7-15(11-16(12)22-10-2-3-17(22)23)21-18(24)20-14-8-5-13(19)6-9-14/h4-9,11H,2-3,10H2,1H3,(H2,20,21,24). The lowest BCUT2D eigenvalue weighted by atomic mass is 10.1. The zero-order valence-corrected chi connectivity index (χ0v) is 14.1. The first-order valence-corrected chi connectivity index (χ1v) is 8.18. The minimum Gasteiger partial charge on any atom is -0.332 e. The van der Waals surface area contributed by atoms with Crippen LogP contribution in [0.1, 0.15) is 18.4 Å². The van der Waals surface area contributed by atoms with Crippen LogP contribution in [0.4, 0.5) is 21.5 Å². The van der Waals surface area contributed by atoms with Gasteiger partial charge in [-0.3, -0.25) is 4.79 Å². The van der Waals surface area contributed by atoms with Gasteiger partial charge in [0.25, 0.3) is 0 Å². The van der Waals surface area contributed by atoms with Gasteiger partial charge in [-0.25, -0.2) is 4.39 Å². The van der Waals surface area contributed by atoms with Crippen molar-refractivity contribution in [2.24, 2.45) is 0 Å². The van der Waals surface area contributed by atoms with Gasteiger partial charge in [-0.05, 0) is 67.5 Å². The van der Waals surface area contributed by atoms with Gasteiger partial charge in [-0.15, -0.1) is 0 Å². The van der Waals surface area contributed by atoms with Crippen molar-refractivity contribution in [1.82, 2.24) is 0 Å². The number of amides is 1. The highest BCUT2D eigenvalue weighted by Gasteiger charge is 2.23. The van der Waals surface area contributed by atoms with Crippen molar-refractivity contribution in [1.29, 1.82) is 0 Å². The van der Waals surface area contributed by atoms with Crippen LogP contribution in [0.15, 0.2) is 42.5 Å². The number of nitrogens with zero attached hydrogens (tertiary/aromatic N) is 1. The molecular formula is C18H18FN3OS. The first-order valence-electron chi connectivity index (χ1n) is 7.77. The summed E-state index contributed by atoms with van der Waals surface area (Å²) in [6.07, 6.45) is 1.49. The van der Waals surface area contributed by atoms with E-state index in [0.717, 1.165) is 29.9 Å². The summed E-state index contributed by atoms with van der Waals surface area (Å²) in [5.74, 6) is -0.139. The maximum Gasteiger partial charge on any atom is 0.227 e. The van der Waals surface area contributed by atoms with Crippen molar-refractivity contribution < 1.29 is 9.18 Å². The number of benzene rings is 2. The third kappa shape index (κ3) is 3.71. The molecule has 0 saturated carbocycles. The van der Waals surface area contributed by atoms with E-state index in [-0.39, 0.29) is 11.7 Å². The van der Waals surface area contributed by atoms with Crippen LogP contribution in [0.3, 0.4) is 0 Å². The van der Waals surface area contributed by atoms with Crippen LogP contribution < -0.4 is 15.5 Å². The van der Waals surface area contributed by atoms with Crippen LogP contribution in [-0.4, -0.2) is 17.6 Å². The van der Waals surface area contributed by atoms with Crippen molar-refractivity contribution in [3.8, 4) is 0 Å². The molecule has 0 spiro atoms. The van der Waals surface area contributed by atoms with Gasteiger partial charge < -0.3 is 15.5 Å². The average Bonchev–Trinajstić information content (AvgIpc) is 2.97. The topological polar surface area (TPSA) is 44.4 Å². The summed E-state index contributed by atoms with van der Waals surface area (Å²) < 4.78 is 12.9. The molecule has 2 N–H and O–H groups in total. The Balaban J connectivity index is 1.71. The first-order chi connectivity index (χ1) is 11.5. The molecule has 1 aliphatic heterocycles. The Hall–Kier alpha value is -2.47. The number of halogens is 1. The van der Waals surface area contributed by atoms with Gasteiger partial charge in [0.2, 0.25) is 5.91 Å². The largest absolute Gasteiger partial charge is 0.332 e. The molecule has 0 aromatic heterocycles. The van der Waals surface area contributed by atoms with E-state index in [1.807, 2.05) is 30.0 Å². The van der Waals surface area contributed by atoms with Gasteiger partial charge in [0.1, 0.15) is 5.82 Å². The van der Waals surface area contributed by atoms with Crippen molar-refractivity contribution in [2.45, 2.75) is 19.8 Å². The second-order valence-corrected chi connectivity index (χ2v) is 6.14. The molecule has 1 aliphatic rings. The maximum atomic E-state index is 12.9. The summed E-state index contributed by atoms with van der Waals surface area (Å²) in [6.45, 7) is 2.74. The quantitative estimate of drug-likeness (QED) is 0.825. The number of hydrogen-bond donors (Lipinski definition) is 2. The molecule has 4 nitrogen and oxygen atoms in total. The van der Waals surface area contributed by atoms with Gasteiger partial charge >= 0.3 is 0 Å². The summed E-state index contributed by atoms with van der Waals surface area (Å²) in [5, 5.41) is 6.51. The minimum atomic E-state index is -0.294. The lowest BCUT2D eigenvalue weighted by molar-refractivity contribution is -0.117. The van der Waals surface area contributed by atoms with E-state index in [9.17, 15) is 9.18 Å². The fraction of sp³-hybridized carbons (Fsp3) is 0.222. The van der Waals surface area contributed by atoms with E-state index in [1.165, 1.54) is 12.1 Å². The van der Waals surface area contributed by atoms with E-state index < -0.39 is 0 Å². The molecule has 0 unspecified atom stereocenters. The first kappa shape index (κ1) is 16.4. The Morgan fingerprint density at radius 1 is 1.12 bits per heavy atom. The normalized spacial score (nSPS) is 13.9. The highest BCUT2D eigenvalue weighted by molar-refractivity contribution is 7.80. The zero-order valence-electron chi connectivity index (χ0n) is 13.3. The summed E-state index contributed by atoms with van der Waals surface area (Å²) in [7, 11) is 0. The van der Waals surface area contributed by atoms with Crippen LogP contribution in [0.25, 0.3) is 0 Å². The number of thiocarbonyl (C=S) groups is 1. The Kier molecular flexibility index (Phi) is 4.76. The molecule has 6 heteroatoms. The lowest BCUT2D eigenvalue weighted by Crippen LogP contribution is -2.25. The third-order valence-electron chi connectivity index (χ3n) is 3.93. The van der Waals surface area contributed by atoms with E-state index in [2.05, 4.69) is 10.6 Å². The number of aryl methyl sites for hydroxylation is 1. The molecule has 1 fully saturated rings. The van der Waals surface area contributed by atoms with Gasteiger partial charge in [0.15, 0.2) is 5.11 Å². The fourth-order valence-electron chi connectivity index (χ4n) is 2.71. The van der Waals surface area contributed by atoms with Gasteiger partial charge in [-0.1, -0.05) is 6.07 Å². The smallest absolute Gasteiger partial charge is 0.227 e. The summed E-state index contributed by atoms with van der Waals surface area (Å²) in [6, 6.07) is 11.8. The van der Waals surface area contributed by atoms with Crippen molar-refractivity contribution in [3.05, 3.63) is 53.8 Å². The minimum absolute atomic E-state index is 0.155. The molecule has 1 amide bonds. The lowest BCUT2D eigenvalue weighted by Gasteiger charge is -2.20. The Morgan fingerprint density at radius 2 is 1.79 bits per heavy atom. The third-order valence-corrected chi connectivity index (χ3v) is 4.14. The molecule has 3 rings (SSSR count). The number of nitrogens with one attached hydrogen (secondary N) is 2. The van der Waals surface area contributed by atoms with Crippen molar-refractivity contribution >= 4 is 40.3 Å². The second-order valence-electron chi connectivity index (χ2n) is 5.74. The molecule has 2 aromatic rings. The van der Waals surface area contributed by atoms with Crippen LogP contribution in [-0.2, 0) is 4.79 Å². The predicted octanol–water partition coefficient (Wildman–Crippen LogP) is 4.07. The van der Waals surface area contributed by atoms with E-state index >= 15 is 0 Å². The summed E-state index contributed by atoms with van der Waals surface area (Å²) in [5.41, 5.74) is 3.46. The number of carbonyl (C=O) groups is 1. The van der Waals surface area contributed by atoms with E-state index in [1.54, 1.807) is 12.1 Å². The number of rotatable bonds is 3. The number of hydrogen-bond acceptors (Lipinski definition) is 2. The van der Waals surface area contributed by atoms with Crippen LogP contribution in [0.5, 0.6) is 0 Å². The molecule has 2 aromatic carbocycles. The van der Waals surface area contributed by atoms with Crippen LogP contribution in [0, 0.1) is 12.7 Å². The molecule has 0 aliphatic carbocycles. The van der Waals surface area contributed by atoms with E-state index in [0.29, 0.717) is 17.2 Å². The van der Waals surface area contributed by atoms with Crippen LogP contribution >= 0.6 is 12.2 Å². The SMILES string of the molecule is Cc1ccc(NC(=S)Nc2ccc(F)cc2)cc1N1CCCC1=O. The molecule has 0 bridgehead atoms.